The summed E-state index contributed by atoms with van der Waals surface area (Å²) in [4.78, 5) is 0. The Morgan fingerprint density at radius 3 is 1.76 bits per heavy atom. The van der Waals surface area contributed by atoms with E-state index in [2.05, 4.69) is 6.92 Å². The highest BCUT2D eigenvalue weighted by atomic mass is 16.3. The van der Waals surface area contributed by atoms with Gasteiger partial charge in [-0.05, 0) is 6.42 Å². The molecule has 0 amide bonds. The van der Waals surface area contributed by atoms with Gasteiger partial charge < -0.3 is 19.8 Å². The summed E-state index contributed by atoms with van der Waals surface area (Å²) in [6.45, 7) is 4.24. The van der Waals surface area contributed by atoms with Gasteiger partial charge in [-0.25, -0.2) is 0 Å². The molecule has 1 atom stereocenters. The molecule has 21 heavy (non-hydrogen) atoms. The molecule has 0 radical (unpaired) electrons. The van der Waals surface area contributed by atoms with E-state index in [4.69, 9.17) is 10.2 Å². The van der Waals surface area contributed by atoms with Gasteiger partial charge in [0.1, 0.15) is 25.7 Å². The molecule has 3 N–H and O–H groups in total. The summed E-state index contributed by atoms with van der Waals surface area (Å²) in [5, 5.41) is 28.3. The van der Waals surface area contributed by atoms with Crippen LogP contribution in [-0.2, 0) is 0 Å². The Kier molecular flexibility index (Phi) is 13.4. The van der Waals surface area contributed by atoms with Crippen molar-refractivity contribution in [3.05, 3.63) is 0 Å². The Bertz CT molecular complexity index is 218. The lowest BCUT2D eigenvalue weighted by atomic mass is 10.1. The second kappa shape index (κ2) is 13.5. The van der Waals surface area contributed by atoms with Crippen molar-refractivity contribution < 1.29 is 19.8 Å². The number of hydrogen-bond acceptors (Lipinski definition) is 3. The van der Waals surface area contributed by atoms with Crippen LogP contribution in [0.1, 0.15) is 64.7 Å². The Hall–Kier alpha value is -0.160. The summed E-state index contributed by atoms with van der Waals surface area (Å²) in [6.07, 6.45) is 10.7. The van der Waals surface area contributed by atoms with Crippen LogP contribution in [0.25, 0.3) is 0 Å². The molecule has 0 aliphatic rings. The molecule has 0 saturated carbocycles. The molecule has 0 aromatic carbocycles. The summed E-state index contributed by atoms with van der Waals surface area (Å²) < 4.78 is 0.547. The van der Waals surface area contributed by atoms with E-state index in [9.17, 15) is 5.11 Å². The van der Waals surface area contributed by atoms with Crippen molar-refractivity contribution in [2.24, 2.45) is 0 Å². The first-order valence-electron chi connectivity index (χ1n) is 8.81. The summed E-state index contributed by atoms with van der Waals surface area (Å²) >= 11 is 0. The van der Waals surface area contributed by atoms with E-state index in [1.165, 1.54) is 44.9 Å². The number of aliphatic hydroxyl groups is 3. The van der Waals surface area contributed by atoms with Crippen LogP contribution >= 0.6 is 0 Å². The van der Waals surface area contributed by atoms with Crippen molar-refractivity contribution in [1.29, 1.82) is 0 Å². The van der Waals surface area contributed by atoms with Crippen LogP contribution < -0.4 is 0 Å². The van der Waals surface area contributed by atoms with Gasteiger partial charge in [-0.15, -0.1) is 0 Å². The van der Waals surface area contributed by atoms with E-state index < -0.39 is 0 Å². The van der Waals surface area contributed by atoms with Gasteiger partial charge in [0.05, 0.1) is 20.3 Å². The first-order valence-corrected chi connectivity index (χ1v) is 8.81. The van der Waals surface area contributed by atoms with Gasteiger partial charge in [0.2, 0.25) is 0 Å². The molecule has 0 spiro atoms. The lowest BCUT2D eigenvalue weighted by Gasteiger charge is -2.35. The van der Waals surface area contributed by atoms with Crippen LogP contribution in [0, 0.1) is 0 Å². The molecule has 0 aromatic heterocycles. The third-order valence-electron chi connectivity index (χ3n) is 4.32. The van der Waals surface area contributed by atoms with E-state index in [-0.39, 0.29) is 19.3 Å². The van der Waals surface area contributed by atoms with Crippen LogP contribution in [0.4, 0.5) is 0 Å². The van der Waals surface area contributed by atoms with E-state index >= 15 is 0 Å². The maximum atomic E-state index is 10.1. The third kappa shape index (κ3) is 12.1. The second-order valence-electron chi connectivity index (χ2n) is 6.61. The fourth-order valence-electron chi connectivity index (χ4n) is 2.89. The standard InChI is InChI=1S/C17H38NO3/c1-3-4-5-6-7-8-9-10-11-17(21)16-18(2,12-14-19)13-15-20/h17,19-21H,3-16H2,1-2H3/q+1. The van der Waals surface area contributed by atoms with Crippen LogP contribution in [0.2, 0.25) is 0 Å². The van der Waals surface area contributed by atoms with Gasteiger partial charge in [0.25, 0.3) is 0 Å². The molecule has 4 nitrogen and oxygen atoms in total. The molecular formula is C17H38NO3+. The molecule has 1 unspecified atom stereocenters. The van der Waals surface area contributed by atoms with E-state index in [1.54, 1.807) is 0 Å². The molecule has 0 aromatic rings. The van der Waals surface area contributed by atoms with Crippen molar-refractivity contribution in [3.8, 4) is 0 Å². The van der Waals surface area contributed by atoms with Crippen molar-refractivity contribution >= 4 is 0 Å². The number of hydrogen-bond donors (Lipinski definition) is 3. The summed E-state index contributed by atoms with van der Waals surface area (Å²) in [7, 11) is 1.99. The molecule has 0 heterocycles. The number of likely N-dealkylation sites (N-methyl/N-ethyl adjacent to an activating group) is 1. The predicted octanol–water partition coefficient (Wildman–Crippen LogP) is 2.31. The van der Waals surface area contributed by atoms with Gasteiger partial charge in [-0.3, -0.25) is 0 Å². The first-order chi connectivity index (χ1) is 10.1. The minimum Gasteiger partial charge on any atom is -0.391 e. The maximum absolute atomic E-state index is 10.1. The number of aliphatic hydroxyl groups excluding tert-OH is 3. The molecule has 128 valence electrons. The molecule has 0 bridgehead atoms. The molecule has 0 aliphatic heterocycles. The van der Waals surface area contributed by atoms with Gasteiger partial charge in [0.15, 0.2) is 0 Å². The van der Waals surface area contributed by atoms with E-state index in [1.807, 2.05) is 7.05 Å². The number of unbranched alkanes of at least 4 members (excludes halogenated alkanes) is 7. The van der Waals surface area contributed by atoms with Gasteiger partial charge >= 0.3 is 0 Å². The average Bonchev–Trinajstić information content (AvgIpc) is 2.42. The van der Waals surface area contributed by atoms with E-state index in [0.717, 1.165) is 12.8 Å². The average molecular weight is 304 g/mol. The fraction of sp³-hybridized carbons (Fsp3) is 1.00. The Morgan fingerprint density at radius 2 is 1.29 bits per heavy atom. The summed E-state index contributed by atoms with van der Waals surface area (Å²) in [5.74, 6) is 0. The topological polar surface area (TPSA) is 60.7 Å². The zero-order chi connectivity index (χ0) is 16.0. The highest BCUT2D eigenvalue weighted by molar-refractivity contribution is 4.57. The highest BCUT2D eigenvalue weighted by Crippen LogP contribution is 2.12. The first kappa shape index (κ1) is 20.8. The van der Waals surface area contributed by atoms with Crippen molar-refractivity contribution in [3.63, 3.8) is 0 Å². The predicted molar refractivity (Wildman–Crippen MR) is 88.2 cm³/mol. The largest absolute Gasteiger partial charge is 0.391 e. The minimum atomic E-state index is -0.326. The molecule has 4 heteroatoms. The number of nitrogens with zero attached hydrogens (tertiary/aromatic N) is 1. The maximum Gasteiger partial charge on any atom is 0.105 e. The smallest absolute Gasteiger partial charge is 0.105 e. The zero-order valence-corrected chi connectivity index (χ0v) is 14.3. The van der Waals surface area contributed by atoms with Gasteiger partial charge in [-0.2, -0.15) is 0 Å². The van der Waals surface area contributed by atoms with Crippen molar-refractivity contribution in [2.45, 2.75) is 70.8 Å². The molecule has 0 fully saturated rings. The Morgan fingerprint density at radius 1 is 0.810 bits per heavy atom. The van der Waals surface area contributed by atoms with Gasteiger partial charge in [0, 0.05) is 0 Å². The number of quaternary nitrogens is 1. The SMILES string of the molecule is CCCCCCCCCCC(O)C[N+](C)(CCO)CCO. The van der Waals surface area contributed by atoms with Gasteiger partial charge in [-0.1, -0.05) is 58.3 Å². The van der Waals surface area contributed by atoms with Crippen LogP contribution in [0.5, 0.6) is 0 Å². The Labute approximate surface area is 131 Å². The highest BCUT2D eigenvalue weighted by Gasteiger charge is 2.24. The van der Waals surface area contributed by atoms with Crippen LogP contribution in [0.15, 0.2) is 0 Å². The lowest BCUT2D eigenvalue weighted by Crippen LogP contribution is -2.52. The quantitative estimate of drug-likeness (QED) is 0.321. The summed E-state index contributed by atoms with van der Waals surface area (Å²) in [6, 6.07) is 0. The molecule has 0 rings (SSSR count). The van der Waals surface area contributed by atoms with Crippen LogP contribution in [-0.4, -0.2) is 65.8 Å². The fourth-order valence-corrected chi connectivity index (χ4v) is 2.89. The molecular weight excluding hydrogens is 266 g/mol. The molecule has 0 saturated heterocycles. The third-order valence-corrected chi connectivity index (χ3v) is 4.32. The minimum absolute atomic E-state index is 0.0982. The van der Waals surface area contributed by atoms with Crippen molar-refractivity contribution in [2.75, 3.05) is 39.9 Å². The zero-order valence-electron chi connectivity index (χ0n) is 14.3. The van der Waals surface area contributed by atoms with Crippen molar-refractivity contribution in [1.82, 2.24) is 0 Å². The monoisotopic (exact) mass is 304 g/mol. The normalized spacial score (nSPS) is 13.6. The summed E-state index contributed by atoms with van der Waals surface area (Å²) in [5.41, 5.74) is 0. The second-order valence-corrected chi connectivity index (χ2v) is 6.61. The number of rotatable bonds is 15. The van der Waals surface area contributed by atoms with E-state index in [0.29, 0.717) is 24.1 Å². The lowest BCUT2D eigenvalue weighted by molar-refractivity contribution is -0.913. The van der Waals surface area contributed by atoms with Crippen LogP contribution in [0.3, 0.4) is 0 Å². The molecule has 0 aliphatic carbocycles. The Balaban J connectivity index is 3.66.